The minimum Gasteiger partial charge on any atom is -0.395 e. The maximum Gasteiger partial charge on any atom is 0.181 e. The number of nitrogens with two attached hydrogens (primary N) is 1. The summed E-state index contributed by atoms with van der Waals surface area (Å²) in [6.45, 7) is 1.88. The fourth-order valence-electron chi connectivity index (χ4n) is 1.69. The first-order valence-electron chi connectivity index (χ1n) is 5.28. The third kappa shape index (κ3) is 1.61. The number of nitrogens with zero attached hydrogens (tertiary/aromatic N) is 5. The van der Waals surface area contributed by atoms with Gasteiger partial charge in [-0.25, -0.2) is 15.0 Å². The molecule has 92 valence electrons. The number of fused-ring (bicyclic) bond motifs is 1. The molecule has 3 N–H and O–H groups in total. The number of anilines is 1. The molecule has 18 heavy (non-hydrogen) atoms. The number of aryl methyl sites for hydroxylation is 2. The summed E-state index contributed by atoms with van der Waals surface area (Å²) in [5.74, 6) is 0. The zero-order chi connectivity index (χ0) is 12.7. The highest BCUT2D eigenvalue weighted by Gasteiger charge is 2.15. The number of aromatic amines is 1. The van der Waals surface area contributed by atoms with Crippen LogP contribution < -0.4 is 5.73 Å². The molecule has 0 radical (unpaired) electrons. The molecule has 3 rings (SSSR count). The smallest absolute Gasteiger partial charge is 0.181 e. The van der Waals surface area contributed by atoms with Gasteiger partial charge in [-0.1, -0.05) is 0 Å². The normalized spacial score (nSPS) is 11.2. The number of hydrogen-bond donors (Lipinski definition) is 2. The Morgan fingerprint density at radius 2 is 2.17 bits per heavy atom. The Hall–Kier alpha value is -2.09. The summed E-state index contributed by atoms with van der Waals surface area (Å²) in [6.07, 6.45) is 3.09. The van der Waals surface area contributed by atoms with E-state index in [1.165, 1.54) is 18.1 Å². The van der Waals surface area contributed by atoms with E-state index in [1.54, 1.807) is 11.0 Å². The number of aromatic nitrogens is 6. The van der Waals surface area contributed by atoms with Crippen molar-refractivity contribution in [3.8, 4) is 0 Å². The SMILES string of the molecule is Cc1nn(C)c(Sc2ncnc3nc[nH]c23)c1N. The van der Waals surface area contributed by atoms with Gasteiger partial charge in [0.15, 0.2) is 5.65 Å². The van der Waals surface area contributed by atoms with Crippen molar-refractivity contribution in [2.24, 2.45) is 7.05 Å². The van der Waals surface area contributed by atoms with Crippen LogP contribution >= 0.6 is 11.8 Å². The summed E-state index contributed by atoms with van der Waals surface area (Å²) in [5, 5.41) is 5.92. The molecule has 8 heteroatoms. The molecule has 7 nitrogen and oxygen atoms in total. The molecule has 3 aromatic heterocycles. The van der Waals surface area contributed by atoms with E-state index in [0.717, 1.165) is 21.3 Å². The van der Waals surface area contributed by atoms with E-state index in [4.69, 9.17) is 5.73 Å². The van der Waals surface area contributed by atoms with Gasteiger partial charge in [0.05, 0.1) is 17.7 Å². The van der Waals surface area contributed by atoms with Gasteiger partial charge < -0.3 is 10.7 Å². The van der Waals surface area contributed by atoms with E-state index in [9.17, 15) is 0 Å². The topological polar surface area (TPSA) is 98.3 Å². The van der Waals surface area contributed by atoms with Gasteiger partial charge in [0.1, 0.15) is 21.9 Å². The molecule has 0 spiro atoms. The van der Waals surface area contributed by atoms with E-state index >= 15 is 0 Å². The number of nitrogen functional groups attached to an aromatic ring is 1. The van der Waals surface area contributed by atoms with Crippen LogP contribution in [0.1, 0.15) is 5.69 Å². The minimum atomic E-state index is 0.643. The van der Waals surface area contributed by atoms with Crippen molar-refractivity contribution < 1.29 is 0 Å². The Kier molecular flexibility index (Phi) is 2.44. The highest BCUT2D eigenvalue weighted by atomic mass is 32.2. The molecule has 0 bridgehead atoms. The van der Waals surface area contributed by atoms with Gasteiger partial charge in [0.2, 0.25) is 0 Å². The lowest BCUT2D eigenvalue weighted by atomic mass is 10.4. The first-order chi connectivity index (χ1) is 8.66. The Balaban J connectivity index is 2.09. The molecular weight excluding hydrogens is 250 g/mol. The molecule has 0 fully saturated rings. The second kappa shape index (κ2) is 3.98. The standard InChI is InChI=1S/C10H11N7S/c1-5-6(11)10(17(2)16-5)18-9-7-8(13-3-12-7)14-4-15-9/h3-4H,11H2,1-2H3,(H,12,13,14,15). The van der Waals surface area contributed by atoms with Crippen LogP contribution in [0.5, 0.6) is 0 Å². The van der Waals surface area contributed by atoms with Crippen LogP contribution in [0.3, 0.4) is 0 Å². The maximum atomic E-state index is 6.00. The van der Waals surface area contributed by atoms with E-state index in [-0.39, 0.29) is 0 Å². The predicted octanol–water partition coefficient (Wildman–Crippen LogP) is 1.13. The lowest BCUT2D eigenvalue weighted by molar-refractivity contribution is 0.693. The Labute approximate surface area is 107 Å². The molecule has 0 atom stereocenters. The van der Waals surface area contributed by atoms with Gasteiger partial charge in [0.25, 0.3) is 0 Å². The molecule has 0 saturated heterocycles. The zero-order valence-corrected chi connectivity index (χ0v) is 10.7. The third-order valence-corrected chi connectivity index (χ3v) is 3.78. The zero-order valence-electron chi connectivity index (χ0n) is 9.88. The van der Waals surface area contributed by atoms with E-state index < -0.39 is 0 Å². The molecule has 0 unspecified atom stereocenters. The van der Waals surface area contributed by atoms with Crippen molar-refractivity contribution in [1.29, 1.82) is 0 Å². The predicted molar refractivity (Wildman–Crippen MR) is 68.2 cm³/mol. The molecule has 3 heterocycles. The summed E-state index contributed by atoms with van der Waals surface area (Å²) in [6, 6.07) is 0. The molecule has 0 aliphatic rings. The van der Waals surface area contributed by atoms with Crippen molar-refractivity contribution in [3.63, 3.8) is 0 Å². The van der Waals surface area contributed by atoms with E-state index in [0.29, 0.717) is 11.3 Å². The van der Waals surface area contributed by atoms with Crippen molar-refractivity contribution in [2.45, 2.75) is 17.0 Å². The van der Waals surface area contributed by atoms with Gasteiger partial charge in [-0.2, -0.15) is 5.10 Å². The van der Waals surface area contributed by atoms with E-state index in [1.807, 2.05) is 14.0 Å². The molecule has 0 aliphatic heterocycles. The van der Waals surface area contributed by atoms with Crippen molar-refractivity contribution in [2.75, 3.05) is 5.73 Å². The number of nitrogens with one attached hydrogen (secondary N) is 1. The second-order valence-corrected chi connectivity index (χ2v) is 4.79. The molecule has 0 saturated carbocycles. The molecule has 0 amide bonds. The molecule has 0 aliphatic carbocycles. The first kappa shape index (κ1) is 11.0. The molecule has 0 aromatic carbocycles. The number of hydrogen-bond acceptors (Lipinski definition) is 6. The third-order valence-electron chi connectivity index (χ3n) is 2.60. The van der Waals surface area contributed by atoms with Crippen LogP contribution in [-0.2, 0) is 7.05 Å². The Morgan fingerprint density at radius 3 is 2.89 bits per heavy atom. The quantitative estimate of drug-likeness (QED) is 0.671. The van der Waals surface area contributed by atoms with Crippen LogP contribution in [-0.4, -0.2) is 29.7 Å². The van der Waals surface area contributed by atoms with Gasteiger partial charge >= 0.3 is 0 Å². The fraction of sp³-hybridized carbons (Fsp3) is 0.200. The van der Waals surface area contributed by atoms with Gasteiger partial charge in [-0.05, 0) is 18.7 Å². The summed E-state index contributed by atoms with van der Waals surface area (Å²) < 4.78 is 1.75. The largest absolute Gasteiger partial charge is 0.395 e. The lowest BCUT2D eigenvalue weighted by Crippen LogP contribution is -1.95. The fourth-order valence-corrected chi connectivity index (χ4v) is 2.65. The van der Waals surface area contributed by atoms with Crippen molar-refractivity contribution in [3.05, 3.63) is 18.3 Å². The van der Waals surface area contributed by atoms with Crippen LogP contribution in [0.25, 0.3) is 11.2 Å². The summed E-state index contributed by atoms with van der Waals surface area (Å²) in [5.41, 5.74) is 8.94. The summed E-state index contributed by atoms with van der Waals surface area (Å²) >= 11 is 1.45. The van der Waals surface area contributed by atoms with E-state index in [2.05, 4.69) is 25.0 Å². The molecule has 3 aromatic rings. The van der Waals surface area contributed by atoms with Crippen LogP contribution in [0.4, 0.5) is 5.69 Å². The Morgan fingerprint density at radius 1 is 1.33 bits per heavy atom. The number of rotatable bonds is 2. The van der Waals surface area contributed by atoms with Crippen molar-refractivity contribution in [1.82, 2.24) is 29.7 Å². The van der Waals surface area contributed by atoms with Crippen LogP contribution in [0.2, 0.25) is 0 Å². The highest BCUT2D eigenvalue weighted by molar-refractivity contribution is 7.99. The van der Waals surface area contributed by atoms with Gasteiger partial charge in [0, 0.05) is 7.05 Å². The van der Waals surface area contributed by atoms with Crippen LogP contribution in [0, 0.1) is 6.92 Å². The minimum absolute atomic E-state index is 0.643. The monoisotopic (exact) mass is 261 g/mol. The Bertz CT molecular complexity index is 714. The van der Waals surface area contributed by atoms with Gasteiger partial charge in [-0.3, -0.25) is 4.68 Å². The second-order valence-electron chi connectivity index (χ2n) is 3.81. The van der Waals surface area contributed by atoms with Gasteiger partial charge in [-0.15, -0.1) is 0 Å². The average Bonchev–Trinajstić information content (AvgIpc) is 2.91. The molecular formula is C10H11N7S. The lowest BCUT2D eigenvalue weighted by Gasteiger charge is -2.02. The number of imidazole rings is 1. The first-order valence-corrected chi connectivity index (χ1v) is 6.09. The maximum absolute atomic E-state index is 6.00. The van der Waals surface area contributed by atoms with Crippen molar-refractivity contribution >= 4 is 28.6 Å². The van der Waals surface area contributed by atoms with Crippen LogP contribution in [0.15, 0.2) is 22.7 Å². The number of H-pyrrole nitrogens is 1. The summed E-state index contributed by atoms with van der Waals surface area (Å²) in [4.78, 5) is 15.4. The average molecular weight is 261 g/mol. The highest BCUT2D eigenvalue weighted by Crippen LogP contribution is 2.34. The summed E-state index contributed by atoms with van der Waals surface area (Å²) in [7, 11) is 1.86.